The number of rotatable bonds is 7. The monoisotopic (exact) mass is 284 g/mol. The summed E-state index contributed by atoms with van der Waals surface area (Å²) in [5.74, 6) is -0.599. The van der Waals surface area contributed by atoms with Gasteiger partial charge in [-0.1, -0.05) is 67.6 Å². The van der Waals surface area contributed by atoms with Gasteiger partial charge in [-0.2, -0.15) is 0 Å². The van der Waals surface area contributed by atoms with Gasteiger partial charge in [0.05, 0.1) is 12.7 Å². The van der Waals surface area contributed by atoms with E-state index in [1.165, 1.54) is 0 Å². The molecule has 3 heteroatoms. The zero-order chi connectivity index (χ0) is 15.1. The van der Waals surface area contributed by atoms with Crippen LogP contribution in [0, 0.1) is 5.92 Å². The SMILES string of the molecule is C[C@@H](C(=O)CO)[C@@H](OCc1ccccc1)c1ccccc1. The van der Waals surface area contributed by atoms with Crippen molar-refractivity contribution in [3.05, 3.63) is 71.8 Å². The Labute approximate surface area is 125 Å². The number of hydrogen-bond donors (Lipinski definition) is 1. The van der Waals surface area contributed by atoms with Gasteiger partial charge in [0, 0.05) is 5.92 Å². The molecule has 0 fully saturated rings. The van der Waals surface area contributed by atoms with E-state index >= 15 is 0 Å². The zero-order valence-electron chi connectivity index (χ0n) is 12.1. The predicted molar refractivity (Wildman–Crippen MR) is 81.7 cm³/mol. The molecule has 0 aromatic heterocycles. The molecule has 0 unspecified atom stereocenters. The Bertz CT molecular complexity index is 551. The minimum Gasteiger partial charge on any atom is -0.389 e. The lowest BCUT2D eigenvalue weighted by Crippen LogP contribution is -2.24. The molecule has 0 amide bonds. The number of Topliss-reactive ketones (excluding diaryl/α,β-unsaturated/α-hetero) is 1. The summed E-state index contributed by atoms with van der Waals surface area (Å²) in [5, 5.41) is 9.08. The van der Waals surface area contributed by atoms with Crippen molar-refractivity contribution in [2.24, 2.45) is 5.92 Å². The quantitative estimate of drug-likeness (QED) is 0.849. The number of carbonyl (C=O) groups is 1. The third-order valence-corrected chi connectivity index (χ3v) is 3.52. The van der Waals surface area contributed by atoms with Crippen LogP contribution in [0.3, 0.4) is 0 Å². The second-order valence-electron chi connectivity index (χ2n) is 5.04. The van der Waals surface area contributed by atoms with Gasteiger partial charge in [0.2, 0.25) is 0 Å². The van der Waals surface area contributed by atoms with Gasteiger partial charge in [0.25, 0.3) is 0 Å². The van der Waals surface area contributed by atoms with Gasteiger partial charge in [0.15, 0.2) is 5.78 Å². The van der Waals surface area contributed by atoms with E-state index in [2.05, 4.69) is 0 Å². The van der Waals surface area contributed by atoms with Crippen molar-refractivity contribution in [2.45, 2.75) is 19.6 Å². The van der Waals surface area contributed by atoms with Crippen LogP contribution in [0.1, 0.15) is 24.2 Å². The Balaban J connectivity index is 2.14. The lowest BCUT2D eigenvalue weighted by atomic mass is 9.93. The summed E-state index contributed by atoms with van der Waals surface area (Å²) in [6.45, 7) is 1.77. The Kier molecular flexibility index (Phi) is 5.67. The predicted octanol–water partition coefficient (Wildman–Crippen LogP) is 3.14. The molecule has 0 aliphatic heterocycles. The van der Waals surface area contributed by atoms with E-state index < -0.39 is 6.61 Å². The van der Waals surface area contributed by atoms with E-state index in [4.69, 9.17) is 9.84 Å². The number of ketones is 1. The highest BCUT2D eigenvalue weighted by Crippen LogP contribution is 2.27. The number of ether oxygens (including phenoxy) is 1. The van der Waals surface area contributed by atoms with Crippen LogP contribution in [-0.4, -0.2) is 17.5 Å². The first-order valence-corrected chi connectivity index (χ1v) is 7.06. The van der Waals surface area contributed by atoms with E-state index in [0.29, 0.717) is 6.61 Å². The lowest BCUT2D eigenvalue weighted by molar-refractivity contribution is -0.131. The van der Waals surface area contributed by atoms with E-state index in [1.807, 2.05) is 60.7 Å². The van der Waals surface area contributed by atoms with Crippen LogP contribution in [0.4, 0.5) is 0 Å². The Hall–Kier alpha value is -1.97. The van der Waals surface area contributed by atoms with Gasteiger partial charge in [-0.3, -0.25) is 4.79 Å². The fraction of sp³-hybridized carbons (Fsp3) is 0.278. The van der Waals surface area contributed by atoms with Crippen LogP contribution in [0.25, 0.3) is 0 Å². The highest BCUT2D eigenvalue weighted by atomic mass is 16.5. The van der Waals surface area contributed by atoms with Crippen molar-refractivity contribution in [3.8, 4) is 0 Å². The molecule has 0 spiro atoms. The molecule has 3 nitrogen and oxygen atoms in total. The first kappa shape index (κ1) is 15.4. The minimum absolute atomic E-state index is 0.211. The number of aliphatic hydroxyl groups is 1. The highest BCUT2D eigenvalue weighted by Gasteiger charge is 2.25. The molecule has 0 aliphatic carbocycles. The molecule has 0 heterocycles. The molecular formula is C18H20O3. The summed E-state index contributed by atoms with van der Waals surface area (Å²) < 4.78 is 5.97. The maximum atomic E-state index is 11.8. The first-order valence-electron chi connectivity index (χ1n) is 7.06. The Morgan fingerprint density at radius 1 is 1.05 bits per heavy atom. The van der Waals surface area contributed by atoms with Gasteiger partial charge in [-0.15, -0.1) is 0 Å². The maximum Gasteiger partial charge on any atom is 0.163 e. The van der Waals surface area contributed by atoms with Crippen LogP contribution in [0.15, 0.2) is 60.7 Å². The van der Waals surface area contributed by atoms with Crippen LogP contribution in [0.5, 0.6) is 0 Å². The number of aliphatic hydroxyl groups excluding tert-OH is 1. The van der Waals surface area contributed by atoms with Crippen LogP contribution >= 0.6 is 0 Å². The molecule has 110 valence electrons. The number of carbonyl (C=O) groups excluding carboxylic acids is 1. The van der Waals surface area contributed by atoms with E-state index in [9.17, 15) is 4.79 Å². The molecule has 2 rings (SSSR count). The van der Waals surface area contributed by atoms with Crippen molar-refractivity contribution in [3.63, 3.8) is 0 Å². The average molecular weight is 284 g/mol. The molecule has 1 N–H and O–H groups in total. The van der Waals surface area contributed by atoms with Crippen molar-refractivity contribution >= 4 is 5.78 Å². The zero-order valence-corrected chi connectivity index (χ0v) is 12.1. The third-order valence-electron chi connectivity index (χ3n) is 3.52. The molecule has 0 radical (unpaired) electrons. The van der Waals surface area contributed by atoms with Gasteiger partial charge < -0.3 is 9.84 Å². The second kappa shape index (κ2) is 7.72. The molecule has 0 bridgehead atoms. The largest absolute Gasteiger partial charge is 0.389 e. The summed E-state index contributed by atoms with van der Waals surface area (Å²) in [5.41, 5.74) is 2.00. The van der Waals surface area contributed by atoms with Crippen LogP contribution < -0.4 is 0 Å². The third kappa shape index (κ3) is 4.25. The van der Waals surface area contributed by atoms with Gasteiger partial charge in [-0.05, 0) is 11.1 Å². The van der Waals surface area contributed by atoms with Crippen molar-refractivity contribution < 1.29 is 14.6 Å². The van der Waals surface area contributed by atoms with E-state index in [0.717, 1.165) is 11.1 Å². The fourth-order valence-corrected chi connectivity index (χ4v) is 2.25. The van der Waals surface area contributed by atoms with Gasteiger partial charge in [0.1, 0.15) is 6.61 Å². The molecule has 0 saturated carbocycles. The summed E-state index contributed by atoms with van der Waals surface area (Å²) in [6.07, 6.45) is -0.356. The fourth-order valence-electron chi connectivity index (χ4n) is 2.25. The summed E-state index contributed by atoms with van der Waals surface area (Å²) in [6, 6.07) is 19.5. The van der Waals surface area contributed by atoms with Crippen molar-refractivity contribution in [2.75, 3.05) is 6.61 Å². The normalized spacial score (nSPS) is 13.6. The van der Waals surface area contributed by atoms with E-state index in [-0.39, 0.29) is 17.8 Å². The highest BCUT2D eigenvalue weighted by molar-refractivity contribution is 5.82. The van der Waals surface area contributed by atoms with Crippen LogP contribution in [-0.2, 0) is 16.1 Å². The molecular weight excluding hydrogens is 264 g/mol. The smallest absolute Gasteiger partial charge is 0.163 e. The molecule has 0 saturated heterocycles. The maximum absolute atomic E-state index is 11.8. The molecule has 21 heavy (non-hydrogen) atoms. The lowest BCUT2D eigenvalue weighted by Gasteiger charge is -2.23. The van der Waals surface area contributed by atoms with Gasteiger partial charge in [-0.25, -0.2) is 0 Å². The topological polar surface area (TPSA) is 46.5 Å². The Morgan fingerprint density at radius 3 is 2.19 bits per heavy atom. The minimum atomic E-state index is -0.459. The number of hydrogen-bond acceptors (Lipinski definition) is 3. The molecule has 2 aromatic rings. The van der Waals surface area contributed by atoms with Crippen molar-refractivity contribution in [1.29, 1.82) is 0 Å². The molecule has 2 aromatic carbocycles. The number of benzene rings is 2. The summed E-state index contributed by atoms with van der Waals surface area (Å²) in [7, 11) is 0. The Morgan fingerprint density at radius 2 is 1.62 bits per heavy atom. The summed E-state index contributed by atoms with van der Waals surface area (Å²) >= 11 is 0. The average Bonchev–Trinajstić information content (AvgIpc) is 2.56. The van der Waals surface area contributed by atoms with E-state index in [1.54, 1.807) is 6.92 Å². The first-order chi connectivity index (χ1) is 10.2. The van der Waals surface area contributed by atoms with Crippen molar-refractivity contribution in [1.82, 2.24) is 0 Å². The molecule has 0 aliphatic rings. The van der Waals surface area contributed by atoms with Crippen LogP contribution in [0.2, 0.25) is 0 Å². The standard InChI is InChI=1S/C18H20O3/c1-14(17(20)12-19)18(16-10-6-3-7-11-16)21-13-15-8-4-2-5-9-15/h2-11,14,18-19H,12-13H2,1H3/t14-,18+/m0/s1. The molecule has 2 atom stereocenters. The second-order valence-corrected chi connectivity index (χ2v) is 5.04. The van der Waals surface area contributed by atoms with Gasteiger partial charge >= 0.3 is 0 Å². The summed E-state index contributed by atoms with van der Waals surface area (Å²) in [4.78, 5) is 11.8.